The second-order valence-electron chi connectivity index (χ2n) is 2.98. The van der Waals surface area contributed by atoms with Crippen LogP contribution in [0.5, 0.6) is 0 Å². The summed E-state index contributed by atoms with van der Waals surface area (Å²) in [5.41, 5.74) is -0.614. The van der Waals surface area contributed by atoms with Crippen LogP contribution in [0.1, 0.15) is 0 Å². The average molecular weight is 208 g/mol. The summed E-state index contributed by atoms with van der Waals surface area (Å²) in [6, 6.07) is 4.79. The Balaban J connectivity index is 2.77. The molecule has 0 aliphatic rings. The number of H-pyrrole nitrogens is 1. The minimum atomic E-state index is -0.956. The summed E-state index contributed by atoms with van der Waals surface area (Å²) in [5, 5.41) is 10.7. The van der Waals surface area contributed by atoms with Crippen molar-refractivity contribution in [2.75, 3.05) is 0 Å². The first-order valence-electron chi connectivity index (χ1n) is 4.05. The number of rotatable bonds is 1. The Hall–Kier alpha value is -2.24. The van der Waals surface area contributed by atoms with E-state index in [4.69, 9.17) is 0 Å². The predicted molar refractivity (Wildman–Crippen MR) is 51.2 cm³/mol. The fourth-order valence-electron chi connectivity index (χ4n) is 1.28. The van der Waals surface area contributed by atoms with Crippen LogP contribution in [0.3, 0.4) is 0 Å². The normalized spacial score (nSPS) is 10.5. The van der Waals surface area contributed by atoms with Gasteiger partial charge in [0.15, 0.2) is 5.82 Å². The number of benzene rings is 1. The van der Waals surface area contributed by atoms with Gasteiger partial charge >= 0.3 is 0 Å². The molecule has 0 aliphatic heterocycles. The lowest BCUT2D eigenvalue weighted by Gasteiger charge is -1.97. The summed E-state index contributed by atoms with van der Waals surface area (Å²) in [6.45, 7) is 0. The molecular weight excluding hydrogens is 203 g/mol. The van der Waals surface area contributed by atoms with Gasteiger partial charge in [-0.25, -0.2) is 4.39 Å². The van der Waals surface area contributed by atoms with Crippen LogP contribution < -0.4 is 5.56 Å². The lowest BCUT2D eigenvalue weighted by molar-refractivity contribution is -0.384. The van der Waals surface area contributed by atoms with Crippen molar-refractivity contribution >= 4 is 16.6 Å². The van der Waals surface area contributed by atoms with E-state index in [1.165, 1.54) is 18.2 Å². The first-order chi connectivity index (χ1) is 7.08. The van der Waals surface area contributed by atoms with Gasteiger partial charge in [-0.05, 0) is 12.1 Å². The zero-order chi connectivity index (χ0) is 11.0. The van der Waals surface area contributed by atoms with Gasteiger partial charge in [0.2, 0.25) is 0 Å². The maximum atomic E-state index is 12.9. The topological polar surface area (TPSA) is 76.0 Å². The summed E-state index contributed by atoms with van der Waals surface area (Å²) >= 11 is 0. The van der Waals surface area contributed by atoms with E-state index >= 15 is 0 Å². The summed E-state index contributed by atoms with van der Waals surface area (Å²) in [7, 11) is 0. The van der Waals surface area contributed by atoms with Crippen molar-refractivity contribution < 1.29 is 9.31 Å². The Kier molecular flexibility index (Phi) is 1.96. The second-order valence-corrected chi connectivity index (χ2v) is 2.98. The van der Waals surface area contributed by atoms with E-state index in [0.29, 0.717) is 10.9 Å². The van der Waals surface area contributed by atoms with Crippen LogP contribution in [0, 0.1) is 15.9 Å². The van der Waals surface area contributed by atoms with E-state index in [1.807, 2.05) is 0 Å². The van der Waals surface area contributed by atoms with Crippen LogP contribution in [0.25, 0.3) is 10.9 Å². The van der Waals surface area contributed by atoms with Crippen molar-refractivity contribution in [3.05, 3.63) is 50.6 Å². The van der Waals surface area contributed by atoms with Crippen LogP contribution >= 0.6 is 0 Å². The molecule has 6 heteroatoms. The molecule has 0 unspecified atom stereocenters. The Morgan fingerprint density at radius 1 is 1.33 bits per heavy atom. The Labute approximate surface area is 82.3 Å². The number of aromatic amines is 1. The smallest absolute Gasteiger partial charge is 0.284 e. The van der Waals surface area contributed by atoms with Gasteiger partial charge in [-0.15, -0.1) is 0 Å². The molecule has 0 saturated carbocycles. The monoisotopic (exact) mass is 208 g/mol. The predicted octanol–water partition coefficient (Wildman–Crippen LogP) is 1.58. The molecule has 76 valence electrons. The third-order valence-corrected chi connectivity index (χ3v) is 1.99. The van der Waals surface area contributed by atoms with Gasteiger partial charge < -0.3 is 4.98 Å². The maximum absolute atomic E-state index is 12.9. The van der Waals surface area contributed by atoms with E-state index in [2.05, 4.69) is 4.98 Å². The lowest BCUT2D eigenvalue weighted by Crippen LogP contribution is -2.09. The molecule has 0 amide bonds. The van der Waals surface area contributed by atoms with Crippen molar-refractivity contribution in [1.82, 2.24) is 4.98 Å². The number of nitro groups is 1. The molecule has 0 fully saturated rings. The molecule has 2 rings (SSSR count). The highest BCUT2D eigenvalue weighted by Gasteiger charge is 2.08. The van der Waals surface area contributed by atoms with Gasteiger partial charge in [0.05, 0.1) is 4.92 Å². The van der Waals surface area contributed by atoms with Gasteiger partial charge in [-0.1, -0.05) is 0 Å². The van der Waals surface area contributed by atoms with Crippen LogP contribution in [-0.4, -0.2) is 9.91 Å². The Bertz CT molecular complexity index is 606. The molecular formula is C9H5FN2O3. The minimum Gasteiger partial charge on any atom is -0.319 e. The van der Waals surface area contributed by atoms with Crippen LogP contribution in [0.2, 0.25) is 0 Å². The summed E-state index contributed by atoms with van der Waals surface area (Å²) in [5.74, 6) is -0.956. The number of nitrogens with one attached hydrogen (secondary N) is 1. The van der Waals surface area contributed by atoms with Crippen molar-refractivity contribution in [1.29, 1.82) is 0 Å². The fraction of sp³-hybridized carbons (Fsp3) is 0. The molecule has 1 heterocycles. The maximum Gasteiger partial charge on any atom is 0.284 e. The molecule has 0 saturated heterocycles. The number of fused-ring (bicyclic) bond motifs is 1. The van der Waals surface area contributed by atoms with E-state index in [9.17, 15) is 19.3 Å². The molecule has 5 nitrogen and oxygen atoms in total. The first kappa shape index (κ1) is 9.32. The zero-order valence-electron chi connectivity index (χ0n) is 7.36. The molecule has 15 heavy (non-hydrogen) atoms. The van der Waals surface area contributed by atoms with Gasteiger partial charge in [0.25, 0.3) is 11.2 Å². The van der Waals surface area contributed by atoms with Crippen molar-refractivity contribution in [2.45, 2.75) is 0 Å². The van der Waals surface area contributed by atoms with E-state index < -0.39 is 16.3 Å². The Morgan fingerprint density at radius 2 is 2.07 bits per heavy atom. The van der Waals surface area contributed by atoms with E-state index in [-0.39, 0.29) is 5.69 Å². The van der Waals surface area contributed by atoms with Crippen LogP contribution in [-0.2, 0) is 0 Å². The van der Waals surface area contributed by atoms with Crippen LogP contribution in [0.4, 0.5) is 10.1 Å². The highest BCUT2D eigenvalue weighted by atomic mass is 19.1. The SMILES string of the molecule is O=c1[nH]c2ccc([N+](=O)[O-])cc2cc1F. The number of nitrogens with zero attached hydrogens (tertiary/aromatic N) is 1. The van der Waals surface area contributed by atoms with Crippen molar-refractivity contribution in [2.24, 2.45) is 0 Å². The van der Waals surface area contributed by atoms with Crippen molar-refractivity contribution in [3.63, 3.8) is 0 Å². The number of pyridine rings is 1. The minimum absolute atomic E-state index is 0.144. The number of aromatic nitrogens is 1. The number of non-ortho nitro benzene ring substituents is 1. The van der Waals surface area contributed by atoms with Gasteiger partial charge in [0.1, 0.15) is 0 Å². The average Bonchev–Trinajstić information content (AvgIpc) is 2.19. The van der Waals surface area contributed by atoms with Crippen molar-refractivity contribution in [3.8, 4) is 0 Å². The third kappa shape index (κ3) is 1.56. The molecule has 0 radical (unpaired) electrons. The Morgan fingerprint density at radius 3 is 2.73 bits per heavy atom. The molecule has 1 aromatic heterocycles. The first-order valence-corrected chi connectivity index (χ1v) is 4.05. The molecule has 0 aliphatic carbocycles. The molecule has 2 aromatic rings. The second kappa shape index (κ2) is 3.16. The standard InChI is InChI=1S/C9H5FN2O3/c10-7-4-5-3-6(12(14)15)1-2-8(5)11-9(7)13/h1-4H,(H,11,13). The quantitative estimate of drug-likeness (QED) is 0.570. The zero-order valence-corrected chi connectivity index (χ0v) is 7.36. The molecule has 0 atom stereocenters. The number of nitro benzene ring substituents is 1. The fourth-order valence-corrected chi connectivity index (χ4v) is 1.28. The summed E-state index contributed by atoms with van der Waals surface area (Å²) < 4.78 is 12.9. The highest BCUT2D eigenvalue weighted by Crippen LogP contribution is 2.18. The molecule has 1 aromatic carbocycles. The third-order valence-electron chi connectivity index (χ3n) is 1.99. The number of hydrogen-bond acceptors (Lipinski definition) is 3. The summed E-state index contributed by atoms with van der Waals surface area (Å²) in [6.07, 6.45) is 0. The largest absolute Gasteiger partial charge is 0.319 e. The lowest BCUT2D eigenvalue weighted by atomic mass is 10.2. The van der Waals surface area contributed by atoms with E-state index in [0.717, 1.165) is 6.07 Å². The van der Waals surface area contributed by atoms with Crippen LogP contribution in [0.15, 0.2) is 29.1 Å². The van der Waals surface area contributed by atoms with Gasteiger partial charge in [-0.2, -0.15) is 0 Å². The van der Waals surface area contributed by atoms with E-state index in [1.54, 1.807) is 0 Å². The molecule has 1 N–H and O–H groups in total. The van der Waals surface area contributed by atoms with Gasteiger partial charge in [0, 0.05) is 23.0 Å². The molecule has 0 bridgehead atoms. The summed E-state index contributed by atoms with van der Waals surface area (Å²) in [4.78, 5) is 23.0. The number of halogens is 1. The number of hydrogen-bond donors (Lipinski definition) is 1. The highest BCUT2D eigenvalue weighted by molar-refractivity contribution is 5.80. The molecule has 0 spiro atoms. The van der Waals surface area contributed by atoms with Gasteiger partial charge in [-0.3, -0.25) is 14.9 Å².